The van der Waals surface area contributed by atoms with Crippen molar-refractivity contribution >= 4 is 35.3 Å². The summed E-state index contributed by atoms with van der Waals surface area (Å²) < 4.78 is 10.8. The number of carbonyl (C=O) groups excluding carboxylic acids is 2. The van der Waals surface area contributed by atoms with Crippen LogP contribution in [0.25, 0.3) is 0 Å². The van der Waals surface area contributed by atoms with Gasteiger partial charge in [-0.2, -0.15) is 0 Å². The molecule has 30 heavy (non-hydrogen) atoms. The number of aromatic nitrogens is 2. The van der Waals surface area contributed by atoms with Crippen LogP contribution < -0.4 is 15.0 Å². The molecule has 2 aromatic carbocycles. The van der Waals surface area contributed by atoms with Crippen molar-refractivity contribution in [2.24, 2.45) is 0 Å². The maximum atomic E-state index is 12.5. The maximum Gasteiger partial charge on any atom is 0.322 e. The van der Waals surface area contributed by atoms with Crippen molar-refractivity contribution in [1.82, 2.24) is 10.2 Å². The van der Waals surface area contributed by atoms with Crippen LogP contribution in [-0.2, 0) is 4.79 Å². The number of methoxy groups -OCH3 is 1. The van der Waals surface area contributed by atoms with Crippen LogP contribution in [0.1, 0.15) is 28.6 Å². The normalized spacial score (nSPS) is 16.0. The largest absolute Gasteiger partial charge is 0.496 e. The van der Waals surface area contributed by atoms with Crippen molar-refractivity contribution in [3.8, 4) is 5.75 Å². The van der Waals surface area contributed by atoms with Crippen LogP contribution in [0, 0.1) is 0 Å². The molecular weight excluding hydrogens is 404 g/mol. The van der Waals surface area contributed by atoms with Crippen molar-refractivity contribution in [3.05, 3.63) is 60.0 Å². The Hall–Kier alpha value is -3.33. The van der Waals surface area contributed by atoms with Gasteiger partial charge in [0.05, 0.1) is 18.6 Å². The minimum absolute atomic E-state index is 0.00490. The number of carbonyl (C=O) groups is 2. The predicted octanol–water partition coefficient (Wildman–Crippen LogP) is 3.57. The summed E-state index contributed by atoms with van der Waals surface area (Å²) in [6.45, 7) is 0.444. The molecule has 0 spiro atoms. The van der Waals surface area contributed by atoms with Gasteiger partial charge in [0.15, 0.2) is 0 Å². The fourth-order valence-electron chi connectivity index (χ4n) is 3.33. The molecule has 1 atom stereocenters. The summed E-state index contributed by atoms with van der Waals surface area (Å²) in [5.74, 6) is 0.110. The van der Waals surface area contributed by atoms with E-state index in [9.17, 15) is 9.59 Å². The smallest absolute Gasteiger partial charge is 0.322 e. The Bertz CT molecular complexity index is 1070. The molecule has 4 rings (SSSR count). The Labute approximate surface area is 177 Å². The third-order valence-electron chi connectivity index (χ3n) is 4.87. The summed E-state index contributed by atoms with van der Waals surface area (Å²) in [6.07, 6.45) is 2.28. The first-order valence-electron chi connectivity index (χ1n) is 9.31. The molecule has 2 heterocycles. The van der Waals surface area contributed by atoms with E-state index in [1.807, 2.05) is 30.5 Å². The highest BCUT2D eigenvalue weighted by atomic mass is 32.2. The number of benzene rings is 2. The summed E-state index contributed by atoms with van der Waals surface area (Å²) in [5, 5.41) is 10.5. The van der Waals surface area contributed by atoms with Gasteiger partial charge in [0.2, 0.25) is 11.8 Å². The molecule has 8 nitrogen and oxygen atoms in total. The van der Waals surface area contributed by atoms with E-state index < -0.39 is 5.91 Å². The maximum absolute atomic E-state index is 12.5. The van der Waals surface area contributed by atoms with Gasteiger partial charge in [0.25, 0.3) is 5.91 Å². The second kappa shape index (κ2) is 8.58. The van der Waals surface area contributed by atoms with E-state index in [4.69, 9.17) is 9.15 Å². The molecule has 0 aliphatic carbocycles. The number of nitrogens with zero attached hydrogens (tertiary/aromatic N) is 3. The lowest BCUT2D eigenvalue weighted by atomic mass is 10.1. The Kier molecular flexibility index (Phi) is 5.71. The first kappa shape index (κ1) is 20.0. The second-order valence-electron chi connectivity index (χ2n) is 6.70. The van der Waals surface area contributed by atoms with Gasteiger partial charge in [-0.15, -0.1) is 16.9 Å². The SMILES string of the molecule is COc1ccccc1C(=O)Nc1nnc([C@@H]2CC(=O)N(c3ccc(SC)cc3)C2)o1. The Morgan fingerprint density at radius 2 is 1.97 bits per heavy atom. The molecule has 2 amide bonds. The topological polar surface area (TPSA) is 97.6 Å². The zero-order valence-electron chi connectivity index (χ0n) is 16.5. The van der Waals surface area contributed by atoms with Crippen LogP contribution in [0.5, 0.6) is 5.75 Å². The van der Waals surface area contributed by atoms with Gasteiger partial charge in [-0.3, -0.25) is 14.9 Å². The average molecular weight is 424 g/mol. The Morgan fingerprint density at radius 1 is 1.20 bits per heavy atom. The minimum atomic E-state index is -0.416. The van der Waals surface area contributed by atoms with E-state index in [0.29, 0.717) is 23.7 Å². The molecule has 9 heteroatoms. The summed E-state index contributed by atoms with van der Waals surface area (Å²) in [4.78, 5) is 27.8. The highest BCUT2D eigenvalue weighted by Crippen LogP contribution is 2.32. The lowest BCUT2D eigenvalue weighted by Gasteiger charge is -2.16. The minimum Gasteiger partial charge on any atom is -0.496 e. The number of ether oxygens (including phenoxy) is 1. The molecule has 154 valence electrons. The van der Waals surface area contributed by atoms with Crippen LogP contribution in [0.3, 0.4) is 0 Å². The molecule has 0 unspecified atom stereocenters. The van der Waals surface area contributed by atoms with Crippen molar-refractivity contribution in [2.75, 3.05) is 30.1 Å². The highest BCUT2D eigenvalue weighted by molar-refractivity contribution is 7.98. The number of anilines is 2. The number of thioether (sulfide) groups is 1. The van der Waals surface area contributed by atoms with Gasteiger partial charge in [0, 0.05) is 23.5 Å². The summed E-state index contributed by atoms with van der Waals surface area (Å²) in [5.41, 5.74) is 1.19. The summed E-state index contributed by atoms with van der Waals surface area (Å²) >= 11 is 1.65. The molecule has 1 aliphatic heterocycles. The number of hydrogen-bond donors (Lipinski definition) is 1. The van der Waals surface area contributed by atoms with Gasteiger partial charge in [0.1, 0.15) is 5.75 Å². The third kappa shape index (κ3) is 4.02. The summed E-state index contributed by atoms with van der Waals surface area (Å²) in [7, 11) is 1.49. The molecule has 1 fully saturated rings. The van der Waals surface area contributed by atoms with Gasteiger partial charge in [-0.25, -0.2) is 0 Å². The molecule has 1 aromatic heterocycles. The first-order valence-corrected chi connectivity index (χ1v) is 10.5. The lowest BCUT2D eigenvalue weighted by Crippen LogP contribution is -2.24. The molecule has 1 saturated heterocycles. The molecule has 0 radical (unpaired) electrons. The van der Waals surface area contributed by atoms with Crippen molar-refractivity contribution in [3.63, 3.8) is 0 Å². The Morgan fingerprint density at radius 3 is 2.70 bits per heavy atom. The van der Waals surface area contributed by atoms with Crippen LogP contribution in [-0.4, -0.2) is 41.9 Å². The number of para-hydroxylation sites is 1. The van der Waals surface area contributed by atoms with Crippen LogP contribution >= 0.6 is 11.8 Å². The van der Waals surface area contributed by atoms with Crippen molar-refractivity contribution in [1.29, 1.82) is 0 Å². The molecule has 1 N–H and O–H groups in total. The molecule has 1 aliphatic rings. The number of hydrogen-bond acceptors (Lipinski definition) is 7. The van der Waals surface area contributed by atoms with E-state index >= 15 is 0 Å². The first-order chi connectivity index (χ1) is 14.6. The third-order valence-corrected chi connectivity index (χ3v) is 5.61. The van der Waals surface area contributed by atoms with Gasteiger partial charge >= 0.3 is 6.01 Å². The second-order valence-corrected chi connectivity index (χ2v) is 7.58. The van der Waals surface area contributed by atoms with Crippen molar-refractivity contribution in [2.45, 2.75) is 17.2 Å². The van der Waals surface area contributed by atoms with Gasteiger partial charge < -0.3 is 14.1 Å². The van der Waals surface area contributed by atoms with Crippen molar-refractivity contribution < 1.29 is 18.7 Å². The molecule has 0 saturated carbocycles. The zero-order chi connectivity index (χ0) is 21.1. The lowest BCUT2D eigenvalue weighted by molar-refractivity contribution is -0.117. The van der Waals surface area contributed by atoms with Crippen LogP contribution in [0.2, 0.25) is 0 Å². The van der Waals surface area contributed by atoms with E-state index in [0.717, 1.165) is 10.6 Å². The highest BCUT2D eigenvalue weighted by Gasteiger charge is 2.35. The number of nitrogens with one attached hydrogen (secondary N) is 1. The van der Waals surface area contributed by atoms with Gasteiger partial charge in [-0.05, 0) is 42.7 Å². The van der Waals surface area contributed by atoms with Crippen LogP contribution in [0.15, 0.2) is 57.8 Å². The standard InChI is InChI=1S/C21H20N4O4S/c1-28-17-6-4-3-5-16(17)19(27)22-21-24-23-20(29-21)13-11-18(26)25(12-13)14-7-9-15(30-2)10-8-14/h3-10,13H,11-12H2,1-2H3,(H,22,24,27)/t13-/m1/s1. The number of amides is 2. The molecular formula is C21H20N4O4S. The quantitative estimate of drug-likeness (QED) is 0.604. The van der Waals surface area contributed by atoms with Crippen LogP contribution in [0.4, 0.5) is 11.7 Å². The van der Waals surface area contributed by atoms with E-state index in [1.54, 1.807) is 40.9 Å². The zero-order valence-corrected chi connectivity index (χ0v) is 17.3. The van der Waals surface area contributed by atoms with E-state index in [2.05, 4.69) is 15.5 Å². The monoisotopic (exact) mass is 424 g/mol. The Balaban J connectivity index is 1.45. The van der Waals surface area contributed by atoms with Gasteiger partial charge in [-0.1, -0.05) is 17.2 Å². The molecule has 0 bridgehead atoms. The summed E-state index contributed by atoms with van der Waals surface area (Å²) in [6, 6.07) is 14.7. The van der Waals surface area contributed by atoms with E-state index in [1.165, 1.54) is 7.11 Å². The molecule has 3 aromatic rings. The van der Waals surface area contributed by atoms with E-state index in [-0.39, 0.29) is 24.3 Å². The average Bonchev–Trinajstić information content (AvgIpc) is 3.40. The fraction of sp³-hybridized carbons (Fsp3) is 0.238. The number of rotatable bonds is 6. The predicted molar refractivity (Wildman–Crippen MR) is 113 cm³/mol. The fourth-order valence-corrected chi connectivity index (χ4v) is 3.74.